The molecule has 0 aliphatic carbocycles. The molecule has 124 valence electrons. The summed E-state index contributed by atoms with van der Waals surface area (Å²) in [5.41, 5.74) is 6.01. The predicted molar refractivity (Wildman–Crippen MR) is 89.9 cm³/mol. The van der Waals surface area contributed by atoms with E-state index in [1.807, 2.05) is 0 Å². The van der Waals surface area contributed by atoms with Crippen LogP contribution in [-0.2, 0) is 9.53 Å². The zero-order chi connectivity index (χ0) is 15.6. The van der Waals surface area contributed by atoms with Crippen LogP contribution in [0, 0.1) is 5.41 Å². The number of hydrogen-bond acceptors (Lipinski definition) is 5. The molecule has 1 aromatic heterocycles. The number of halogens is 1. The molecule has 1 aromatic carbocycles. The second-order valence-electron chi connectivity index (χ2n) is 5.56. The summed E-state index contributed by atoms with van der Waals surface area (Å²) < 4.78 is 10.4. The average molecular weight is 339 g/mol. The number of amides is 1. The minimum atomic E-state index is -0.573. The lowest BCUT2D eigenvalue weighted by atomic mass is 9.79. The van der Waals surface area contributed by atoms with Crippen molar-refractivity contribution in [2.24, 2.45) is 11.1 Å². The second kappa shape index (κ2) is 7.12. The van der Waals surface area contributed by atoms with E-state index in [1.165, 1.54) is 6.07 Å². The van der Waals surface area contributed by atoms with Crippen LogP contribution in [0.5, 0.6) is 0 Å². The van der Waals surface area contributed by atoms with Crippen LogP contribution in [0.2, 0.25) is 0 Å². The number of hydrogen-bond donors (Lipinski definition) is 2. The fourth-order valence-corrected chi connectivity index (χ4v) is 2.70. The number of carbonyl (C=O) groups is 1. The summed E-state index contributed by atoms with van der Waals surface area (Å²) in [6.45, 7) is 1.39. The van der Waals surface area contributed by atoms with Crippen LogP contribution in [0.4, 0.5) is 5.69 Å². The minimum Gasteiger partial charge on any atom is -0.423 e. The topological polar surface area (TPSA) is 94.6 Å². The van der Waals surface area contributed by atoms with Crippen LogP contribution in [-0.4, -0.2) is 25.7 Å². The van der Waals surface area contributed by atoms with Crippen molar-refractivity contribution in [1.29, 1.82) is 0 Å². The Kier molecular flexibility index (Phi) is 5.41. The smallest absolute Gasteiger partial charge is 0.336 e. The number of carbonyl (C=O) groups excluding carboxylic acids is 1. The van der Waals surface area contributed by atoms with Crippen LogP contribution in [0.15, 0.2) is 39.5 Å². The van der Waals surface area contributed by atoms with Crippen molar-refractivity contribution < 1.29 is 13.9 Å². The van der Waals surface area contributed by atoms with E-state index < -0.39 is 11.0 Å². The lowest BCUT2D eigenvalue weighted by molar-refractivity contribution is -0.130. The van der Waals surface area contributed by atoms with E-state index in [4.69, 9.17) is 14.9 Å². The molecular weight excluding hydrogens is 320 g/mol. The van der Waals surface area contributed by atoms with E-state index in [0.29, 0.717) is 43.9 Å². The van der Waals surface area contributed by atoms with Crippen LogP contribution >= 0.6 is 12.4 Å². The third-order valence-electron chi connectivity index (χ3n) is 4.20. The van der Waals surface area contributed by atoms with E-state index in [9.17, 15) is 9.59 Å². The van der Waals surface area contributed by atoms with Gasteiger partial charge in [0.2, 0.25) is 5.91 Å². The van der Waals surface area contributed by atoms with Gasteiger partial charge in [0.25, 0.3) is 0 Å². The fraction of sp³-hybridized carbons (Fsp3) is 0.375. The third kappa shape index (κ3) is 3.55. The molecule has 23 heavy (non-hydrogen) atoms. The Morgan fingerprint density at radius 3 is 2.65 bits per heavy atom. The highest BCUT2D eigenvalue weighted by Gasteiger charge is 2.38. The van der Waals surface area contributed by atoms with Crippen molar-refractivity contribution >= 4 is 35.0 Å². The molecule has 2 heterocycles. The number of fused-ring (bicyclic) bond motifs is 1. The predicted octanol–water partition coefficient (Wildman–Crippen LogP) is 1.91. The molecule has 0 spiro atoms. The van der Waals surface area contributed by atoms with Gasteiger partial charge in [-0.05, 0) is 37.1 Å². The molecule has 0 radical (unpaired) electrons. The summed E-state index contributed by atoms with van der Waals surface area (Å²) in [6.07, 6.45) is 1.25. The van der Waals surface area contributed by atoms with Gasteiger partial charge in [-0.25, -0.2) is 4.79 Å². The standard InChI is InChI=1S/C16H18N2O4.ClH/c17-10-16(5-7-21-8-6-16)15(20)18-12-2-3-13-11(9-12)1-4-14(19)22-13;/h1-4,9H,5-8,10,17H2,(H,18,20);1H. The molecule has 1 amide bonds. The summed E-state index contributed by atoms with van der Waals surface area (Å²) in [5.74, 6) is -0.0879. The highest BCUT2D eigenvalue weighted by Crippen LogP contribution is 2.31. The number of anilines is 1. The van der Waals surface area contributed by atoms with Crippen molar-refractivity contribution in [2.45, 2.75) is 12.8 Å². The molecule has 6 nitrogen and oxygen atoms in total. The summed E-state index contributed by atoms with van der Waals surface area (Å²) in [5, 5.41) is 3.67. The largest absolute Gasteiger partial charge is 0.423 e. The molecule has 0 atom stereocenters. The lowest BCUT2D eigenvalue weighted by Crippen LogP contribution is -2.46. The van der Waals surface area contributed by atoms with E-state index in [0.717, 1.165) is 5.39 Å². The average Bonchev–Trinajstić information content (AvgIpc) is 2.55. The maximum Gasteiger partial charge on any atom is 0.336 e. The first kappa shape index (κ1) is 17.5. The molecule has 1 aliphatic rings. The normalized spacial score (nSPS) is 16.6. The van der Waals surface area contributed by atoms with Gasteiger partial charge in [-0.2, -0.15) is 0 Å². The minimum absolute atomic E-state index is 0. The molecule has 0 saturated carbocycles. The van der Waals surface area contributed by atoms with Crippen molar-refractivity contribution in [3.8, 4) is 0 Å². The van der Waals surface area contributed by atoms with Crippen LogP contribution in [0.25, 0.3) is 11.0 Å². The Morgan fingerprint density at radius 1 is 1.22 bits per heavy atom. The number of ether oxygens (including phenoxy) is 1. The first-order chi connectivity index (χ1) is 10.6. The van der Waals surface area contributed by atoms with Crippen LogP contribution < -0.4 is 16.7 Å². The van der Waals surface area contributed by atoms with Crippen LogP contribution in [0.3, 0.4) is 0 Å². The molecule has 0 unspecified atom stereocenters. The monoisotopic (exact) mass is 338 g/mol. The second-order valence-corrected chi connectivity index (χ2v) is 5.56. The highest BCUT2D eigenvalue weighted by atomic mass is 35.5. The summed E-state index contributed by atoms with van der Waals surface area (Å²) >= 11 is 0. The molecule has 3 N–H and O–H groups in total. The number of benzene rings is 1. The molecular formula is C16H19ClN2O4. The summed E-state index contributed by atoms with van der Waals surface area (Å²) in [7, 11) is 0. The third-order valence-corrected chi connectivity index (χ3v) is 4.20. The van der Waals surface area contributed by atoms with Gasteiger partial charge in [-0.15, -0.1) is 12.4 Å². The molecule has 1 saturated heterocycles. The Balaban J connectivity index is 0.00000192. The van der Waals surface area contributed by atoms with E-state index in [1.54, 1.807) is 24.3 Å². The molecule has 0 bridgehead atoms. The van der Waals surface area contributed by atoms with Crippen LogP contribution in [0.1, 0.15) is 12.8 Å². The number of nitrogens with two attached hydrogens (primary N) is 1. The first-order valence-electron chi connectivity index (χ1n) is 7.26. The van der Waals surface area contributed by atoms with E-state index in [-0.39, 0.29) is 18.3 Å². The highest BCUT2D eigenvalue weighted by molar-refractivity contribution is 5.97. The maximum atomic E-state index is 12.6. The van der Waals surface area contributed by atoms with Gasteiger partial charge in [0, 0.05) is 36.9 Å². The quantitative estimate of drug-likeness (QED) is 0.834. The van der Waals surface area contributed by atoms with Gasteiger partial charge in [0.1, 0.15) is 5.58 Å². The Morgan fingerprint density at radius 2 is 1.96 bits per heavy atom. The Labute approximate surface area is 139 Å². The molecule has 7 heteroatoms. The van der Waals surface area contributed by atoms with Gasteiger partial charge in [0.05, 0.1) is 5.41 Å². The van der Waals surface area contributed by atoms with Gasteiger partial charge in [-0.1, -0.05) is 0 Å². The van der Waals surface area contributed by atoms with Gasteiger partial charge in [0.15, 0.2) is 0 Å². The van der Waals surface area contributed by atoms with Crippen molar-refractivity contribution in [2.75, 3.05) is 25.1 Å². The molecule has 1 aliphatic heterocycles. The SMILES string of the molecule is Cl.NCC1(C(=O)Nc2ccc3oc(=O)ccc3c2)CCOCC1. The van der Waals surface area contributed by atoms with Crippen molar-refractivity contribution in [3.63, 3.8) is 0 Å². The Bertz CT molecular complexity index is 753. The fourth-order valence-electron chi connectivity index (χ4n) is 2.70. The number of rotatable bonds is 3. The van der Waals surface area contributed by atoms with Gasteiger partial charge in [-0.3, -0.25) is 4.79 Å². The Hall–Kier alpha value is -1.89. The maximum absolute atomic E-state index is 12.6. The van der Waals surface area contributed by atoms with E-state index in [2.05, 4.69) is 5.32 Å². The van der Waals surface area contributed by atoms with Gasteiger partial charge < -0.3 is 20.2 Å². The summed E-state index contributed by atoms with van der Waals surface area (Å²) in [6, 6.07) is 8.19. The van der Waals surface area contributed by atoms with E-state index >= 15 is 0 Å². The summed E-state index contributed by atoms with van der Waals surface area (Å²) in [4.78, 5) is 23.8. The van der Waals surface area contributed by atoms with Crippen molar-refractivity contribution in [3.05, 3.63) is 40.8 Å². The lowest BCUT2D eigenvalue weighted by Gasteiger charge is -2.34. The first-order valence-corrected chi connectivity index (χ1v) is 7.26. The molecule has 2 aromatic rings. The van der Waals surface area contributed by atoms with Crippen molar-refractivity contribution in [1.82, 2.24) is 0 Å². The zero-order valence-electron chi connectivity index (χ0n) is 12.5. The molecule has 3 rings (SSSR count). The molecule has 1 fully saturated rings. The van der Waals surface area contributed by atoms with Gasteiger partial charge >= 0.3 is 5.63 Å². The number of nitrogens with one attached hydrogen (secondary N) is 1. The zero-order valence-corrected chi connectivity index (χ0v) is 13.4.